The number of benzene rings is 1. The molecule has 1 aromatic rings. The first-order chi connectivity index (χ1) is 7.50. The molecule has 2 unspecified atom stereocenters. The van der Waals surface area contributed by atoms with E-state index in [9.17, 15) is 9.59 Å². The summed E-state index contributed by atoms with van der Waals surface area (Å²) < 4.78 is 0. The second-order valence-corrected chi connectivity index (χ2v) is 4.26. The van der Waals surface area contributed by atoms with Crippen molar-refractivity contribution in [2.75, 3.05) is 5.32 Å². The van der Waals surface area contributed by atoms with Gasteiger partial charge in [-0.1, -0.05) is 18.5 Å². The molecule has 0 fully saturated rings. The van der Waals surface area contributed by atoms with E-state index in [1.54, 1.807) is 18.2 Å². The lowest BCUT2D eigenvalue weighted by Crippen LogP contribution is -2.24. The van der Waals surface area contributed by atoms with Gasteiger partial charge in [-0.2, -0.15) is 0 Å². The van der Waals surface area contributed by atoms with Gasteiger partial charge in [-0.25, -0.2) is 0 Å². The van der Waals surface area contributed by atoms with Crippen molar-refractivity contribution in [2.45, 2.75) is 12.8 Å². The maximum absolute atomic E-state index is 11.7. The minimum Gasteiger partial charge on any atom is -0.481 e. The van der Waals surface area contributed by atoms with Gasteiger partial charge >= 0.3 is 5.97 Å². The molecule has 16 heavy (non-hydrogen) atoms. The number of halogens is 1. The van der Waals surface area contributed by atoms with E-state index >= 15 is 0 Å². The summed E-state index contributed by atoms with van der Waals surface area (Å²) >= 11 is 5.83. The summed E-state index contributed by atoms with van der Waals surface area (Å²) in [7, 11) is 0. The highest BCUT2D eigenvalue weighted by molar-refractivity contribution is 6.31. The first-order valence-electron chi connectivity index (χ1n) is 4.84. The fourth-order valence-electron chi connectivity index (χ4n) is 1.90. The van der Waals surface area contributed by atoms with E-state index < -0.39 is 17.8 Å². The zero-order chi connectivity index (χ0) is 11.9. The monoisotopic (exact) mass is 239 g/mol. The Bertz CT molecular complexity index is 472. The predicted molar refractivity (Wildman–Crippen MR) is 59.6 cm³/mol. The molecule has 1 heterocycles. The molecule has 2 atom stereocenters. The van der Waals surface area contributed by atoms with Gasteiger partial charge in [0.25, 0.3) is 0 Å². The van der Waals surface area contributed by atoms with Gasteiger partial charge in [-0.05, 0) is 23.8 Å². The molecule has 2 rings (SSSR count). The minimum atomic E-state index is -0.993. The summed E-state index contributed by atoms with van der Waals surface area (Å²) in [5, 5.41) is 12.1. The molecule has 0 spiro atoms. The molecule has 84 valence electrons. The molecule has 0 saturated heterocycles. The van der Waals surface area contributed by atoms with Gasteiger partial charge in [0.1, 0.15) is 0 Å². The number of aliphatic carboxylic acids is 1. The van der Waals surface area contributed by atoms with Gasteiger partial charge in [-0.3, -0.25) is 9.59 Å². The summed E-state index contributed by atoms with van der Waals surface area (Å²) in [6.07, 6.45) is 0. The number of rotatable bonds is 2. The highest BCUT2D eigenvalue weighted by Gasteiger charge is 2.38. The molecule has 1 aromatic carbocycles. The molecule has 0 saturated carbocycles. The van der Waals surface area contributed by atoms with E-state index in [0.717, 1.165) is 0 Å². The molecule has 0 aliphatic carbocycles. The Balaban J connectivity index is 2.46. The SMILES string of the molecule is CC(C(=O)O)C1C(=O)Nc2ccc(Cl)cc21. The van der Waals surface area contributed by atoms with Crippen molar-refractivity contribution in [1.82, 2.24) is 0 Å². The topological polar surface area (TPSA) is 66.4 Å². The van der Waals surface area contributed by atoms with Crippen LogP contribution in [0, 0.1) is 5.92 Å². The Labute approximate surface area is 97.2 Å². The largest absolute Gasteiger partial charge is 0.481 e. The Morgan fingerprint density at radius 2 is 2.25 bits per heavy atom. The van der Waals surface area contributed by atoms with Crippen molar-refractivity contribution in [2.24, 2.45) is 5.92 Å². The molecule has 0 aromatic heterocycles. The first kappa shape index (κ1) is 11.0. The van der Waals surface area contributed by atoms with Gasteiger partial charge in [0, 0.05) is 10.7 Å². The third kappa shape index (κ3) is 1.65. The van der Waals surface area contributed by atoms with Crippen LogP contribution in [-0.4, -0.2) is 17.0 Å². The van der Waals surface area contributed by atoms with Crippen molar-refractivity contribution in [3.63, 3.8) is 0 Å². The van der Waals surface area contributed by atoms with Crippen molar-refractivity contribution in [1.29, 1.82) is 0 Å². The first-order valence-corrected chi connectivity index (χ1v) is 5.21. The summed E-state index contributed by atoms with van der Waals surface area (Å²) in [6.45, 7) is 1.52. The zero-order valence-corrected chi connectivity index (χ0v) is 9.28. The Morgan fingerprint density at radius 1 is 1.56 bits per heavy atom. The van der Waals surface area contributed by atoms with Crippen molar-refractivity contribution in [3.8, 4) is 0 Å². The summed E-state index contributed by atoms with van der Waals surface area (Å²) in [6, 6.07) is 4.98. The number of carbonyl (C=O) groups excluding carboxylic acids is 1. The van der Waals surface area contributed by atoms with Crippen LogP contribution in [0.5, 0.6) is 0 Å². The van der Waals surface area contributed by atoms with Crippen molar-refractivity contribution >= 4 is 29.2 Å². The standard InChI is InChI=1S/C11H10ClNO3/c1-5(11(15)16)9-7-4-6(12)2-3-8(7)13-10(9)14/h2-5,9H,1H3,(H,13,14)(H,15,16). The van der Waals surface area contributed by atoms with Crippen molar-refractivity contribution < 1.29 is 14.7 Å². The second kappa shape index (κ2) is 3.79. The average molecular weight is 240 g/mol. The van der Waals surface area contributed by atoms with E-state index in [1.165, 1.54) is 6.92 Å². The quantitative estimate of drug-likeness (QED) is 0.831. The Morgan fingerprint density at radius 3 is 2.88 bits per heavy atom. The third-order valence-electron chi connectivity index (χ3n) is 2.78. The highest BCUT2D eigenvalue weighted by Crippen LogP contribution is 2.38. The number of carboxylic acid groups (broad SMARTS) is 1. The van der Waals surface area contributed by atoms with Gasteiger partial charge in [0.05, 0.1) is 11.8 Å². The van der Waals surface area contributed by atoms with Crippen LogP contribution in [0.4, 0.5) is 5.69 Å². The van der Waals surface area contributed by atoms with Crippen LogP contribution in [0.15, 0.2) is 18.2 Å². The van der Waals surface area contributed by atoms with E-state index in [1.807, 2.05) is 0 Å². The van der Waals surface area contributed by atoms with E-state index in [4.69, 9.17) is 16.7 Å². The van der Waals surface area contributed by atoms with E-state index in [0.29, 0.717) is 16.3 Å². The molecule has 1 aliphatic heterocycles. The van der Waals surface area contributed by atoms with Crippen LogP contribution in [0.1, 0.15) is 18.4 Å². The normalized spacial score (nSPS) is 20.1. The lowest BCUT2D eigenvalue weighted by Gasteiger charge is -2.13. The summed E-state index contributed by atoms with van der Waals surface area (Å²) in [5.74, 6) is -2.70. The smallest absolute Gasteiger partial charge is 0.307 e. The fraction of sp³-hybridized carbons (Fsp3) is 0.273. The third-order valence-corrected chi connectivity index (χ3v) is 3.01. The zero-order valence-electron chi connectivity index (χ0n) is 8.53. The molecule has 5 heteroatoms. The van der Waals surface area contributed by atoms with Crippen LogP contribution in [0.25, 0.3) is 0 Å². The Kier molecular flexibility index (Phi) is 2.59. The number of fused-ring (bicyclic) bond motifs is 1. The molecule has 0 bridgehead atoms. The maximum atomic E-state index is 11.7. The second-order valence-electron chi connectivity index (χ2n) is 3.83. The van der Waals surface area contributed by atoms with Crippen LogP contribution in [0.3, 0.4) is 0 Å². The van der Waals surface area contributed by atoms with E-state index in [2.05, 4.69) is 5.32 Å². The highest BCUT2D eigenvalue weighted by atomic mass is 35.5. The summed E-state index contributed by atoms with van der Waals surface area (Å²) in [4.78, 5) is 22.6. The van der Waals surface area contributed by atoms with Crippen LogP contribution < -0.4 is 5.32 Å². The number of hydrogen-bond donors (Lipinski definition) is 2. The lowest BCUT2D eigenvalue weighted by molar-refractivity contribution is -0.143. The van der Waals surface area contributed by atoms with Gasteiger partial charge in [0.15, 0.2) is 0 Å². The molecule has 4 nitrogen and oxygen atoms in total. The number of anilines is 1. The van der Waals surface area contributed by atoms with Gasteiger partial charge in [0.2, 0.25) is 5.91 Å². The van der Waals surface area contributed by atoms with Gasteiger partial charge < -0.3 is 10.4 Å². The molecule has 1 amide bonds. The van der Waals surface area contributed by atoms with Crippen LogP contribution >= 0.6 is 11.6 Å². The van der Waals surface area contributed by atoms with Gasteiger partial charge in [-0.15, -0.1) is 0 Å². The number of carboxylic acids is 1. The molecular weight excluding hydrogens is 230 g/mol. The van der Waals surface area contributed by atoms with Crippen LogP contribution in [0.2, 0.25) is 5.02 Å². The Hall–Kier alpha value is -1.55. The number of carbonyl (C=O) groups is 2. The minimum absolute atomic E-state index is 0.285. The van der Waals surface area contributed by atoms with E-state index in [-0.39, 0.29) is 5.91 Å². The lowest BCUT2D eigenvalue weighted by atomic mass is 9.88. The maximum Gasteiger partial charge on any atom is 0.307 e. The summed E-state index contributed by atoms with van der Waals surface area (Å²) in [5.41, 5.74) is 1.31. The van der Waals surface area contributed by atoms with Crippen LogP contribution in [-0.2, 0) is 9.59 Å². The average Bonchev–Trinajstić information content (AvgIpc) is 2.52. The predicted octanol–water partition coefficient (Wildman–Crippen LogP) is 2.10. The number of hydrogen-bond acceptors (Lipinski definition) is 2. The number of amides is 1. The number of nitrogens with one attached hydrogen (secondary N) is 1. The molecule has 1 aliphatic rings. The molecule has 2 N–H and O–H groups in total. The fourth-order valence-corrected chi connectivity index (χ4v) is 2.08. The van der Waals surface area contributed by atoms with Crippen molar-refractivity contribution in [3.05, 3.63) is 28.8 Å². The molecule has 0 radical (unpaired) electrons. The molecular formula is C11H10ClNO3.